The zero-order chi connectivity index (χ0) is 11.0. The van der Waals surface area contributed by atoms with Gasteiger partial charge in [0, 0.05) is 0 Å². The van der Waals surface area contributed by atoms with Gasteiger partial charge < -0.3 is 9.67 Å². The molecule has 3 rings (SSSR count). The van der Waals surface area contributed by atoms with E-state index in [-0.39, 0.29) is 12.1 Å². The number of nitrogens with zero attached hydrogens (tertiary/aromatic N) is 4. The van der Waals surface area contributed by atoms with Gasteiger partial charge in [-0.1, -0.05) is 12.8 Å². The molecule has 1 N–H and O–H groups in total. The molecule has 0 amide bonds. The Morgan fingerprint density at radius 3 is 3.00 bits per heavy atom. The molecule has 0 aliphatic heterocycles. The smallest absolute Gasteiger partial charge is 0.163 e. The van der Waals surface area contributed by atoms with Crippen molar-refractivity contribution in [2.24, 2.45) is 0 Å². The average molecular weight is 218 g/mol. The van der Waals surface area contributed by atoms with Gasteiger partial charge in [0.1, 0.15) is 11.8 Å². The van der Waals surface area contributed by atoms with Crippen molar-refractivity contribution in [2.45, 2.75) is 37.8 Å². The quantitative estimate of drug-likeness (QED) is 0.783. The van der Waals surface area contributed by atoms with Crippen molar-refractivity contribution >= 4 is 11.2 Å². The number of fused-ring (bicyclic) bond motifs is 1. The van der Waals surface area contributed by atoms with Gasteiger partial charge in [-0.05, 0) is 12.8 Å². The van der Waals surface area contributed by atoms with Gasteiger partial charge in [0.05, 0.1) is 24.7 Å². The lowest BCUT2D eigenvalue weighted by atomic mass is 9.92. The summed E-state index contributed by atoms with van der Waals surface area (Å²) < 4.78 is 1.99. The van der Waals surface area contributed by atoms with Crippen molar-refractivity contribution in [3.05, 3.63) is 18.9 Å². The van der Waals surface area contributed by atoms with E-state index in [9.17, 15) is 5.11 Å². The van der Waals surface area contributed by atoms with Gasteiger partial charge in [-0.25, -0.2) is 15.0 Å². The van der Waals surface area contributed by atoms with E-state index in [2.05, 4.69) is 15.0 Å². The van der Waals surface area contributed by atoms with Gasteiger partial charge in [-0.15, -0.1) is 0 Å². The fraction of sp³-hybridized carbons (Fsp3) is 0.545. The van der Waals surface area contributed by atoms with Gasteiger partial charge in [0.2, 0.25) is 0 Å². The summed E-state index contributed by atoms with van der Waals surface area (Å²) in [4.78, 5) is 12.4. The molecule has 0 bridgehead atoms. The van der Waals surface area contributed by atoms with Crippen LogP contribution in [0.15, 0.2) is 18.9 Å². The molecule has 0 radical (unpaired) electrons. The SMILES string of the molecule is O[C@@H]1CCCC[C@H]1n1cnc2cncnc21. The maximum absolute atomic E-state index is 10.0. The van der Waals surface area contributed by atoms with Gasteiger partial charge in [0.25, 0.3) is 0 Å². The molecule has 16 heavy (non-hydrogen) atoms. The van der Waals surface area contributed by atoms with Crippen molar-refractivity contribution in [1.29, 1.82) is 0 Å². The third kappa shape index (κ3) is 1.48. The summed E-state index contributed by atoms with van der Waals surface area (Å²) in [5.41, 5.74) is 1.61. The van der Waals surface area contributed by atoms with Crippen LogP contribution in [0.3, 0.4) is 0 Å². The molecule has 2 heterocycles. The second-order valence-corrected chi connectivity index (χ2v) is 4.30. The summed E-state index contributed by atoms with van der Waals surface area (Å²) in [5.74, 6) is 0. The van der Waals surface area contributed by atoms with Crippen LogP contribution in [0.1, 0.15) is 31.7 Å². The van der Waals surface area contributed by atoms with Gasteiger partial charge >= 0.3 is 0 Å². The number of aliphatic hydroxyl groups excluding tert-OH is 1. The lowest BCUT2D eigenvalue weighted by molar-refractivity contribution is 0.0770. The van der Waals surface area contributed by atoms with Crippen LogP contribution in [0, 0.1) is 0 Å². The fourth-order valence-corrected chi connectivity index (χ4v) is 2.44. The summed E-state index contributed by atoms with van der Waals surface area (Å²) in [6.07, 6.45) is 8.85. The van der Waals surface area contributed by atoms with Crippen molar-refractivity contribution < 1.29 is 5.11 Å². The highest BCUT2D eigenvalue weighted by Crippen LogP contribution is 2.30. The Morgan fingerprint density at radius 2 is 2.12 bits per heavy atom. The van der Waals surface area contributed by atoms with E-state index in [1.807, 2.05) is 4.57 Å². The monoisotopic (exact) mass is 218 g/mol. The molecule has 5 heteroatoms. The standard InChI is InChI=1S/C11H14N4O/c16-10-4-2-1-3-9(10)15-7-14-8-5-12-6-13-11(8)15/h5-7,9-10,16H,1-4H2/t9-,10-/m1/s1. The van der Waals surface area contributed by atoms with E-state index < -0.39 is 0 Å². The second kappa shape index (κ2) is 3.83. The minimum absolute atomic E-state index is 0.119. The Hall–Kier alpha value is -1.49. The van der Waals surface area contributed by atoms with Crippen molar-refractivity contribution in [3.8, 4) is 0 Å². The molecule has 84 valence electrons. The molecule has 5 nitrogen and oxygen atoms in total. The molecule has 2 aromatic heterocycles. The van der Waals surface area contributed by atoms with E-state index in [0.29, 0.717) is 0 Å². The molecule has 1 aliphatic carbocycles. The Bertz CT molecular complexity index is 495. The highest BCUT2D eigenvalue weighted by molar-refractivity contribution is 5.69. The molecule has 0 saturated heterocycles. The van der Waals surface area contributed by atoms with Crippen LogP contribution >= 0.6 is 0 Å². The summed E-state index contributed by atoms with van der Waals surface area (Å²) in [7, 11) is 0. The van der Waals surface area contributed by atoms with E-state index in [1.165, 1.54) is 6.33 Å². The minimum Gasteiger partial charge on any atom is -0.391 e. The number of rotatable bonds is 1. The third-order valence-corrected chi connectivity index (χ3v) is 3.29. The van der Waals surface area contributed by atoms with E-state index in [0.717, 1.165) is 36.8 Å². The molecule has 2 atom stereocenters. The molecule has 1 fully saturated rings. The minimum atomic E-state index is -0.277. The Morgan fingerprint density at radius 1 is 1.25 bits per heavy atom. The molecule has 1 saturated carbocycles. The molecular formula is C11H14N4O. The third-order valence-electron chi connectivity index (χ3n) is 3.29. The van der Waals surface area contributed by atoms with Gasteiger partial charge in [0.15, 0.2) is 5.65 Å². The van der Waals surface area contributed by atoms with E-state index in [4.69, 9.17) is 0 Å². The first-order valence-corrected chi connectivity index (χ1v) is 5.67. The lowest BCUT2D eigenvalue weighted by Crippen LogP contribution is -2.27. The number of imidazole rings is 1. The first-order valence-electron chi connectivity index (χ1n) is 5.67. The lowest BCUT2D eigenvalue weighted by Gasteiger charge is -2.28. The van der Waals surface area contributed by atoms with Crippen LogP contribution in [0.5, 0.6) is 0 Å². The zero-order valence-corrected chi connectivity index (χ0v) is 8.95. The van der Waals surface area contributed by atoms with Crippen LogP contribution in [-0.4, -0.2) is 30.7 Å². The number of aromatic nitrogens is 4. The van der Waals surface area contributed by atoms with Crippen LogP contribution < -0.4 is 0 Å². The molecule has 0 aromatic carbocycles. The Kier molecular flexibility index (Phi) is 2.32. The van der Waals surface area contributed by atoms with Crippen LogP contribution in [-0.2, 0) is 0 Å². The molecular weight excluding hydrogens is 204 g/mol. The topological polar surface area (TPSA) is 63.8 Å². The van der Waals surface area contributed by atoms with Gasteiger partial charge in [-0.3, -0.25) is 0 Å². The highest BCUT2D eigenvalue weighted by Gasteiger charge is 2.25. The van der Waals surface area contributed by atoms with Crippen LogP contribution in [0.25, 0.3) is 11.2 Å². The second-order valence-electron chi connectivity index (χ2n) is 4.30. The number of aliphatic hydroxyl groups is 1. The van der Waals surface area contributed by atoms with Crippen molar-refractivity contribution in [3.63, 3.8) is 0 Å². The summed E-state index contributed by atoms with van der Waals surface area (Å²) in [5, 5.41) is 10.0. The normalized spacial score (nSPS) is 26.1. The van der Waals surface area contributed by atoms with Gasteiger partial charge in [-0.2, -0.15) is 0 Å². The maximum Gasteiger partial charge on any atom is 0.163 e. The number of hydrogen-bond donors (Lipinski definition) is 1. The molecule has 2 aromatic rings. The van der Waals surface area contributed by atoms with Crippen molar-refractivity contribution in [1.82, 2.24) is 19.5 Å². The van der Waals surface area contributed by atoms with E-state index in [1.54, 1.807) is 12.5 Å². The first-order chi connectivity index (χ1) is 7.86. The molecule has 0 spiro atoms. The summed E-state index contributed by atoms with van der Waals surface area (Å²) in [6.45, 7) is 0. The molecule has 0 unspecified atom stereocenters. The molecule has 1 aliphatic rings. The average Bonchev–Trinajstić information content (AvgIpc) is 2.74. The predicted molar refractivity (Wildman–Crippen MR) is 58.8 cm³/mol. The Labute approximate surface area is 93.2 Å². The maximum atomic E-state index is 10.0. The Balaban J connectivity index is 2.04. The van der Waals surface area contributed by atoms with Crippen LogP contribution in [0.2, 0.25) is 0 Å². The summed E-state index contributed by atoms with van der Waals surface area (Å²) >= 11 is 0. The zero-order valence-electron chi connectivity index (χ0n) is 8.95. The predicted octanol–water partition coefficient (Wildman–Crippen LogP) is 1.30. The van der Waals surface area contributed by atoms with Crippen LogP contribution in [0.4, 0.5) is 0 Å². The summed E-state index contributed by atoms with van der Waals surface area (Å²) in [6, 6.07) is 0.119. The fourth-order valence-electron chi connectivity index (χ4n) is 2.44. The first kappa shape index (κ1) is 9.72. The van der Waals surface area contributed by atoms with Crippen molar-refractivity contribution in [2.75, 3.05) is 0 Å². The largest absolute Gasteiger partial charge is 0.391 e. The van der Waals surface area contributed by atoms with E-state index >= 15 is 0 Å². The highest BCUT2D eigenvalue weighted by atomic mass is 16.3. The number of hydrogen-bond acceptors (Lipinski definition) is 4.